The van der Waals surface area contributed by atoms with Crippen LogP contribution in [0.15, 0.2) is 40.2 Å². The topological polar surface area (TPSA) is 105 Å². The normalized spacial score (nSPS) is 19.9. The monoisotopic (exact) mass is 501 g/mol. The highest BCUT2D eigenvalue weighted by atomic mass is 127. The van der Waals surface area contributed by atoms with Crippen molar-refractivity contribution in [3.8, 4) is 0 Å². The van der Waals surface area contributed by atoms with Crippen molar-refractivity contribution in [2.45, 2.75) is 24.3 Å². The van der Waals surface area contributed by atoms with E-state index in [1.165, 1.54) is 0 Å². The molecular formula is C15H24IN3O4S2. The Morgan fingerprint density at radius 1 is 1.28 bits per heavy atom. The van der Waals surface area contributed by atoms with Gasteiger partial charge in [-0.25, -0.2) is 16.8 Å². The molecular weight excluding hydrogens is 477 g/mol. The van der Waals surface area contributed by atoms with E-state index in [4.69, 9.17) is 0 Å². The number of nitrogens with one attached hydrogen (secondary N) is 2. The minimum Gasteiger partial charge on any atom is -0.357 e. The molecule has 0 saturated carbocycles. The number of rotatable bonds is 6. The SMILES string of the molecule is CCNC(=NCCS(=O)(=O)c1ccccc1)NC1CCS(=O)(=O)C1.I. The Morgan fingerprint density at radius 2 is 1.96 bits per heavy atom. The van der Waals surface area contributed by atoms with Crippen LogP contribution in [0.3, 0.4) is 0 Å². The number of aliphatic imine (C=N–C) groups is 1. The van der Waals surface area contributed by atoms with Gasteiger partial charge in [0.15, 0.2) is 25.6 Å². The Hall–Kier alpha value is -0.880. The average Bonchev–Trinajstić information content (AvgIpc) is 2.87. The number of nitrogens with zero attached hydrogens (tertiary/aromatic N) is 1. The molecule has 10 heteroatoms. The van der Waals surface area contributed by atoms with Crippen molar-refractivity contribution in [2.75, 3.05) is 30.3 Å². The highest BCUT2D eigenvalue weighted by Gasteiger charge is 2.28. The molecule has 1 fully saturated rings. The van der Waals surface area contributed by atoms with Crippen LogP contribution in [0.2, 0.25) is 0 Å². The van der Waals surface area contributed by atoms with Gasteiger partial charge in [-0.15, -0.1) is 24.0 Å². The smallest absolute Gasteiger partial charge is 0.191 e. The minimum atomic E-state index is -3.38. The summed E-state index contributed by atoms with van der Waals surface area (Å²) < 4.78 is 47.4. The third-order valence-electron chi connectivity index (χ3n) is 3.65. The highest BCUT2D eigenvalue weighted by molar-refractivity contribution is 14.0. The second-order valence-electron chi connectivity index (χ2n) is 5.64. The van der Waals surface area contributed by atoms with Crippen LogP contribution >= 0.6 is 24.0 Å². The molecule has 1 aliphatic rings. The van der Waals surface area contributed by atoms with Crippen LogP contribution in [0.5, 0.6) is 0 Å². The van der Waals surface area contributed by atoms with Gasteiger partial charge in [0.05, 0.1) is 28.7 Å². The van der Waals surface area contributed by atoms with Crippen LogP contribution in [0.25, 0.3) is 0 Å². The quantitative estimate of drug-likeness (QED) is 0.340. The zero-order valence-corrected chi connectivity index (χ0v) is 18.0. The molecule has 2 N–H and O–H groups in total. The van der Waals surface area contributed by atoms with Gasteiger partial charge in [-0.3, -0.25) is 4.99 Å². The molecule has 0 spiro atoms. The lowest BCUT2D eigenvalue weighted by Crippen LogP contribution is -2.44. The number of halogens is 1. The first kappa shape index (κ1) is 22.2. The summed E-state index contributed by atoms with van der Waals surface area (Å²) in [6.07, 6.45) is 0.537. The zero-order chi connectivity index (χ0) is 17.6. The molecule has 1 aromatic rings. The second-order valence-corrected chi connectivity index (χ2v) is 9.97. The summed E-state index contributed by atoms with van der Waals surface area (Å²) in [7, 11) is -6.35. The van der Waals surface area contributed by atoms with E-state index in [0.717, 1.165) is 0 Å². The average molecular weight is 501 g/mol. The van der Waals surface area contributed by atoms with Gasteiger partial charge in [0.1, 0.15) is 0 Å². The molecule has 0 radical (unpaired) electrons. The molecule has 25 heavy (non-hydrogen) atoms. The number of benzene rings is 1. The van der Waals surface area contributed by atoms with E-state index in [0.29, 0.717) is 18.9 Å². The van der Waals surface area contributed by atoms with Crippen LogP contribution in [0.4, 0.5) is 0 Å². The van der Waals surface area contributed by atoms with E-state index in [9.17, 15) is 16.8 Å². The maximum absolute atomic E-state index is 12.2. The Kier molecular flexibility index (Phi) is 8.61. The fraction of sp³-hybridized carbons (Fsp3) is 0.533. The lowest BCUT2D eigenvalue weighted by Gasteiger charge is -2.15. The van der Waals surface area contributed by atoms with Crippen LogP contribution in [-0.4, -0.2) is 59.2 Å². The predicted octanol–water partition coefficient (Wildman–Crippen LogP) is 0.820. The summed E-state index contributed by atoms with van der Waals surface area (Å²) in [6.45, 7) is 2.60. The standard InChI is InChI=1S/C15H23N3O4S2.HI/c1-2-16-15(18-13-8-10-23(19,20)12-13)17-9-11-24(21,22)14-6-4-3-5-7-14;/h3-7,13H,2,8-12H2,1H3,(H2,16,17,18);1H. The Labute approximate surface area is 166 Å². The molecule has 1 atom stereocenters. The molecule has 1 aliphatic heterocycles. The Morgan fingerprint density at radius 3 is 2.52 bits per heavy atom. The van der Waals surface area contributed by atoms with E-state index >= 15 is 0 Å². The summed E-state index contributed by atoms with van der Waals surface area (Å²) in [5, 5.41) is 6.08. The molecule has 1 heterocycles. The minimum absolute atomic E-state index is 0. The van der Waals surface area contributed by atoms with Crippen molar-refractivity contribution in [2.24, 2.45) is 4.99 Å². The van der Waals surface area contributed by atoms with Crippen LogP contribution in [0.1, 0.15) is 13.3 Å². The van der Waals surface area contributed by atoms with Crippen LogP contribution in [0, 0.1) is 0 Å². The van der Waals surface area contributed by atoms with E-state index in [1.54, 1.807) is 30.3 Å². The van der Waals surface area contributed by atoms with E-state index in [-0.39, 0.29) is 58.7 Å². The first-order valence-corrected chi connectivity index (χ1v) is 11.3. The lowest BCUT2D eigenvalue weighted by atomic mass is 10.3. The molecule has 7 nitrogen and oxygen atoms in total. The number of guanidine groups is 1. The van der Waals surface area contributed by atoms with Crippen molar-refractivity contribution in [3.05, 3.63) is 30.3 Å². The number of sulfone groups is 2. The van der Waals surface area contributed by atoms with Gasteiger partial charge < -0.3 is 10.6 Å². The summed E-state index contributed by atoms with van der Waals surface area (Å²) in [6, 6.07) is 8.07. The maximum Gasteiger partial charge on any atom is 0.191 e. The van der Waals surface area contributed by atoms with E-state index < -0.39 is 19.7 Å². The van der Waals surface area contributed by atoms with Crippen molar-refractivity contribution < 1.29 is 16.8 Å². The molecule has 1 unspecified atom stereocenters. The molecule has 0 amide bonds. The van der Waals surface area contributed by atoms with Gasteiger partial charge in [0, 0.05) is 12.6 Å². The Balaban J connectivity index is 0.00000312. The predicted molar refractivity (Wildman–Crippen MR) is 110 cm³/mol. The molecule has 2 rings (SSSR count). The second kappa shape index (κ2) is 9.72. The van der Waals surface area contributed by atoms with E-state index in [1.807, 2.05) is 6.92 Å². The first-order valence-electron chi connectivity index (χ1n) is 7.85. The third-order valence-corrected chi connectivity index (χ3v) is 7.13. The highest BCUT2D eigenvalue weighted by Crippen LogP contribution is 2.11. The van der Waals surface area contributed by atoms with Gasteiger partial charge >= 0.3 is 0 Å². The van der Waals surface area contributed by atoms with Crippen LogP contribution in [-0.2, 0) is 19.7 Å². The van der Waals surface area contributed by atoms with Gasteiger partial charge in [-0.05, 0) is 25.5 Å². The van der Waals surface area contributed by atoms with Crippen molar-refractivity contribution in [1.29, 1.82) is 0 Å². The maximum atomic E-state index is 12.2. The van der Waals surface area contributed by atoms with Gasteiger partial charge in [-0.2, -0.15) is 0 Å². The molecule has 0 bridgehead atoms. The Bertz CT molecular complexity index is 780. The molecule has 142 valence electrons. The summed E-state index contributed by atoms with van der Waals surface area (Å²) in [5.74, 6) is 0.603. The molecule has 0 aromatic heterocycles. The van der Waals surface area contributed by atoms with Crippen molar-refractivity contribution in [3.63, 3.8) is 0 Å². The van der Waals surface area contributed by atoms with Gasteiger partial charge in [0.2, 0.25) is 0 Å². The summed E-state index contributed by atoms with van der Waals surface area (Å²) in [4.78, 5) is 4.53. The van der Waals surface area contributed by atoms with Gasteiger partial charge in [0.25, 0.3) is 0 Å². The van der Waals surface area contributed by atoms with Gasteiger partial charge in [-0.1, -0.05) is 18.2 Å². The zero-order valence-electron chi connectivity index (χ0n) is 14.0. The van der Waals surface area contributed by atoms with Crippen LogP contribution < -0.4 is 10.6 Å². The fourth-order valence-corrected chi connectivity index (χ4v) is 5.26. The summed E-state index contributed by atoms with van der Waals surface area (Å²) >= 11 is 0. The first-order chi connectivity index (χ1) is 11.3. The van der Waals surface area contributed by atoms with Crippen molar-refractivity contribution >= 4 is 49.6 Å². The fourth-order valence-electron chi connectivity index (χ4n) is 2.45. The number of hydrogen-bond donors (Lipinski definition) is 2. The van der Waals surface area contributed by atoms with E-state index in [2.05, 4.69) is 15.6 Å². The lowest BCUT2D eigenvalue weighted by molar-refractivity contribution is 0.595. The van der Waals surface area contributed by atoms with Crippen molar-refractivity contribution in [1.82, 2.24) is 10.6 Å². The molecule has 1 aromatic carbocycles. The molecule has 0 aliphatic carbocycles. The summed E-state index contributed by atoms with van der Waals surface area (Å²) in [5.41, 5.74) is 0. The molecule has 1 saturated heterocycles. The largest absolute Gasteiger partial charge is 0.357 e. The third kappa shape index (κ3) is 7.10. The number of hydrogen-bond acceptors (Lipinski definition) is 5.